The van der Waals surface area contributed by atoms with Gasteiger partial charge in [0.25, 0.3) is 0 Å². The number of aryl methyl sites for hydroxylation is 1. The highest BCUT2D eigenvalue weighted by atomic mass is 16.5. The van der Waals surface area contributed by atoms with Crippen LogP contribution in [-0.4, -0.2) is 17.2 Å². The van der Waals surface area contributed by atoms with Gasteiger partial charge in [0.15, 0.2) is 0 Å². The molecule has 0 spiro atoms. The second-order valence-electron chi connectivity index (χ2n) is 4.21. The van der Waals surface area contributed by atoms with Gasteiger partial charge in [-0.25, -0.2) is 0 Å². The molecule has 16 heavy (non-hydrogen) atoms. The molecular formula is C13H16O3. The maximum Gasteiger partial charge on any atom is 0.303 e. The van der Waals surface area contributed by atoms with Gasteiger partial charge in [0.2, 0.25) is 0 Å². The molecule has 0 amide bonds. The van der Waals surface area contributed by atoms with Crippen molar-refractivity contribution in [2.75, 3.05) is 0 Å². The molecule has 0 heterocycles. The fourth-order valence-corrected chi connectivity index (χ4v) is 1.60. The van der Waals surface area contributed by atoms with Crippen molar-refractivity contribution in [3.63, 3.8) is 0 Å². The summed E-state index contributed by atoms with van der Waals surface area (Å²) >= 11 is 0. The van der Waals surface area contributed by atoms with Crippen molar-refractivity contribution in [3.05, 3.63) is 29.8 Å². The molecule has 0 radical (unpaired) electrons. The van der Waals surface area contributed by atoms with E-state index in [-0.39, 0.29) is 6.42 Å². The van der Waals surface area contributed by atoms with Crippen molar-refractivity contribution >= 4 is 5.97 Å². The van der Waals surface area contributed by atoms with E-state index in [0.29, 0.717) is 12.5 Å². The van der Waals surface area contributed by atoms with Gasteiger partial charge in [-0.3, -0.25) is 4.79 Å². The third-order valence-electron chi connectivity index (χ3n) is 2.58. The summed E-state index contributed by atoms with van der Waals surface area (Å²) in [6, 6.07) is 7.95. The maximum atomic E-state index is 10.4. The smallest absolute Gasteiger partial charge is 0.303 e. The highest BCUT2D eigenvalue weighted by molar-refractivity contribution is 5.66. The topological polar surface area (TPSA) is 46.5 Å². The van der Waals surface area contributed by atoms with Crippen LogP contribution < -0.4 is 4.74 Å². The van der Waals surface area contributed by atoms with E-state index in [2.05, 4.69) is 0 Å². The first-order valence-electron chi connectivity index (χ1n) is 5.71. The van der Waals surface area contributed by atoms with Gasteiger partial charge >= 0.3 is 5.97 Å². The number of hydrogen-bond donors (Lipinski definition) is 1. The van der Waals surface area contributed by atoms with Gasteiger partial charge in [0, 0.05) is 6.42 Å². The number of carboxylic acid groups (broad SMARTS) is 1. The van der Waals surface area contributed by atoms with Crippen LogP contribution in [0, 0.1) is 0 Å². The third kappa shape index (κ3) is 3.57. The van der Waals surface area contributed by atoms with E-state index in [4.69, 9.17) is 9.84 Å². The molecule has 1 N–H and O–H groups in total. The summed E-state index contributed by atoms with van der Waals surface area (Å²) in [6.07, 6.45) is 4.44. The predicted octanol–water partition coefficient (Wildman–Crippen LogP) is 2.64. The Bertz CT molecular complexity index is 369. The second-order valence-corrected chi connectivity index (χ2v) is 4.21. The zero-order chi connectivity index (χ0) is 11.4. The normalized spacial score (nSPS) is 14.8. The van der Waals surface area contributed by atoms with Gasteiger partial charge in [0.1, 0.15) is 5.75 Å². The molecule has 3 heteroatoms. The third-order valence-corrected chi connectivity index (χ3v) is 2.58. The minimum atomic E-state index is -0.731. The molecule has 1 saturated carbocycles. The molecule has 1 aliphatic carbocycles. The summed E-state index contributed by atoms with van der Waals surface area (Å²) in [7, 11) is 0. The van der Waals surface area contributed by atoms with E-state index >= 15 is 0 Å². The van der Waals surface area contributed by atoms with E-state index in [1.54, 1.807) is 0 Å². The number of aliphatic carboxylic acids is 1. The van der Waals surface area contributed by atoms with Crippen molar-refractivity contribution in [3.8, 4) is 5.75 Å². The minimum Gasteiger partial charge on any atom is -0.490 e. The van der Waals surface area contributed by atoms with Gasteiger partial charge in [-0.05, 0) is 43.4 Å². The monoisotopic (exact) mass is 220 g/mol. The minimum absolute atomic E-state index is 0.230. The van der Waals surface area contributed by atoms with Gasteiger partial charge in [0.05, 0.1) is 6.10 Å². The zero-order valence-corrected chi connectivity index (χ0v) is 9.19. The van der Waals surface area contributed by atoms with E-state index in [0.717, 1.165) is 30.6 Å². The Kier molecular flexibility index (Phi) is 3.44. The van der Waals surface area contributed by atoms with Crippen LogP contribution in [0.15, 0.2) is 24.3 Å². The highest BCUT2D eigenvalue weighted by Gasteiger charge is 2.23. The number of carbonyl (C=O) groups is 1. The molecule has 2 rings (SSSR count). The maximum absolute atomic E-state index is 10.4. The Labute approximate surface area is 95.0 Å². The van der Waals surface area contributed by atoms with Gasteiger partial charge in [-0.15, -0.1) is 0 Å². The molecule has 1 fully saturated rings. The predicted molar refractivity (Wildman–Crippen MR) is 60.7 cm³/mol. The number of hydrogen-bond acceptors (Lipinski definition) is 2. The molecule has 0 aliphatic heterocycles. The lowest BCUT2D eigenvalue weighted by atomic mass is 10.1. The number of carboxylic acids is 1. The molecule has 0 atom stereocenters. The van der Waals surface area contributed by atoms with E-state index in [1.807, 2.05) is 24.3 Å². The number of benzene rings is 1. The lowest BCUT2D eigenvalue weighted by Crippen LogP contribution is -1.98. The Morgan fingerprint density at radius 1 is 1.44 bits per heavy atom. The Morgan fingerprint density at radius 2 is 2.25 bits per heavy atom. The summed E-state index contributed by atoms with van der Waals surface area (Å²) in [6.45, 7) is 0. The van der Waals surface area contributed by atoms with Crippen LogP contribution in [-0.2, 0) is 11.2 Å². The molecule has 1 aromatic carbocycles. The SMILES string of the molecule is O=C(O)CCCc1cccc(OC2CC2)c1. The average molecular weight is 220 g/mol. The van der Waals surface area contributed by atoms with Gasteiger partial charge < -0.3 is 9.84 Å². The molecule has 1 aromatic rings. The molecule has 1 aliphatic rings. The molecule has 0 bridgehead atoms. The van der Waals surface area contributed by atoms with E-state index in [1.165, 1.54) is 0 Å². The first-order chi connectivity index (χ1) is 7.74. The highest BCUT2D eigenvalue weighted by Crippen LogP contribution is 2.27. The van der Waals surface area contributed by atoms with E-state index < -0.39 is 5.97 Å². The Morgan fingerprint density at radius 3 is 2.94 bits per heavy atom. The largest absolute Gasteiger partial charge is 0.490 e. The van der Waals surface area contributed by atoms with Crippen molar-refractivity contribution in [2.24, 2.45) is 0 Å². The number of rotatable bonds is 6. The fraction of sp³-hybridized carbons (Fsp3) is 0.462. The van der Waals surface area contributed by atoms with Crippen molar-refractivity contribution in [1.29, 1.82) is 0 Å². The van der Waals surface area contributed by atoms with E-state index in [9.17, 15) is 4.79 Å². The summed E-state index contributed by atoms with van der Waals surface area (Å²) < 4.78 is 5.68. The second kappa shape index (κ2) is 5.01. The molecule has 3 nitrogen and oxygen atoms in total. The number of ether oxygens (including phenoxy) is 1. The van der Waals surface area contributed by atoms with Gasteiger partial charge in [-0.1, -0.05) is 12.1 Å². The molecule has 0 unspecified atom stereocenters. The molecule has 0 saturated heterocycles. The Balaban J connectivity index is 1.85. The molecule has 0 aromatic heterocycles. The lowest BCUT2D eigenvalue weighted by molar-refractivity contribution is -0.137. The van der Waals surface area contributed by atoms with Crippen LogP contribution in [0.2, 0.25) is 0 Å². The first-order valence-corrected chi connectivity index (χ1v) is 5.71. The Hall–Kier alpha value is -1.51. The van der Waals surface area contributed by atoms with Crippen LogP contribution in [0.3, 0.4) is 0 Å². The first kappa shape index (κ1) is 11.0. The standard InChI is InChI=1S/C13H16O3/c14-13(15)6-2-4-10-3-1-5-12(9-10)16-11-7-8-11/h1,3,5,9,11H,2,4,6-8H2,(H,14,15). The summed E-state index contributed by atoms with van der Waals surface area (Å²) in [5, 5.41) is 8.55. The quantitative estimate of drug-likeness (QED) is 0.801. The van der Waals surface area contributed by atoms with Crippen LogP contribution in [0.5, 0.6) is 5.75 Å². The van der Waals surface area contributed by atoms with Crippen LogP contribution in [0.4, 0.5) is 0 Å². The molecular weight excluding hydrogens is 204 g/mol. The fourth-order valence-electron chi connectivity index (χ4n) is 1.60. The summed E-state index contributed by atoms with van der Waals surface area (Å²) in [4.78, 5) is 10.4. The zero-order valence-electron chi connectivity index (χ0n) is 9.19. The van der Waals surface area contributed by atoms with Crippen LogP contribution in [0.1, 0.15) is 31.2 Å². The lowest BCUT2D eigenvalue weighted by Gasteiger charge is -2.06. The van der Waals surface area contributed by atoms with Crippen LogP contribution in [0.25, 0.3) is 0 Å². The van der Waals surface area contributed by atoms with Crippen molar-refractivity contribution in [2.45, 2.75) is 38.2 Å². The van der Waals surface area contributed by atoms with Crippen molar-refractivity contribution in [1.82, 2.24) is 0 Å². The average Bonchev–Trinajstić information content (AvgIpc) is 3.02. The summed E-state index contributed by atoms with van der Waals surface area (Å²) in [5.41, 5.74) is 1.15. The van der Waals surface area contributed by atoms with Crippen LogP contribution >= 0.6 is 0 Å². The molecule has 86 valence electrons. The van der Waals surface area contributed by atoms with Gasteiger partial charge in [-0.2, -0.15) is 0 Å². The van der Waals surface area contributed by atoms with Crippen molar-refractivity contribution < 1.29 is 14.6 Å². The summed E-state index contributed by atoms with van der Waals surface area (Å²) in [5.74, 6) is 0.181.